The highest BCUT2D eigenvalue weighted by Crippen LogP contribution is 2.14. The second kappa shape index (κ2) is 5.01. The fourth-order valence-electron chi connectivity index (χ4n) is 1.42. The minimum Gasteiger partial charge on any atom is -0.378 e. The van der Waals surface area contributed by atoms with Crippen LogP contribution in [-0.4, -0.2) is 20.6 Å². The summed E-state index contributed by atoms with van der Waals surface area (Å²) in [4.78, 5) is 2.11. The zero-order valence-electron chi connectivity index (χ0n) is 9.33. The molecule has 1 rings (SSSR count). The number of anilines is 1. The molecule has 14 heavy (non-hydrogen) atoms. The first kappa shape index (κ1) is 11.1. The van der Waals surface area contributed by atoms with Gasteiger partial charge >= 0.3 is 0 Å². The highest BCUT2D eigenvalue weighted by atomic mass is 15.1. The fourth-order valence-corrected chi connectivity index (χ4v) is 1.42. The molecule has 1 aromatic carbocycles. The smallest absolute Gasteiger partial charge is 0.0361 e. The van der Waals surface area contributed by atoms with Gasteiger partial charge in [0, 0.05) is 19.8 Å². The van der Waals surface area contributed by atoms with Crippen molar-refractivity contribution in [3.63, 3.8) is 0 Å². The van der Waals surface area contributed by atoms with E-state index < -0.39 is 0 Å². The number of hydrogen-bond donors (Lipinski definition) is 1. The van der Waals surface area contributed by atoms with Crippen LogP contribution in [0.25, 0.3) is 0 Å². The summed E-state index contributed by atoms with van der Waals surface area (Å²) >= 11 is 0. The quantitative estimate of drug-likeness (QED) is 0.789. The Morgan fingerprint density at radius 1 is 1.21 bits per heavy atom. The summed E-state index contributed by atoms with van der Waals surface area (Å²) < 4.78 is 0. The first-order chi connectivity index (χ1) is 6.63. The van der Waals surface area contributed by atoms with Gasteiger partial charge in [-0.25, -0.2) is 0 Å². The summed E-state index contributed by atoms with van der Waals surface area (Å²) in [7, 11) is 4.11. The lowest BCUT2D eigenvalue weighted by atomic mass is 10.0. The Hall–Kier alpha value is -1.02. The zero-order valence-corrected chi connectivity index (χ0v) is 9.33. The molecule has 0 fully saturated rings. The third-order valence-electron chi connectivity index (χ3n) is 2.44. The maximum absolute atomic E-state index is 5.59. The molecule has 1 aromatic rings. The van der Waals surface area contributed by atoms with Gasteiger partial charge in [0.25, 0.3) is 0 Å². The molecule has 0 bridgehead atoms. The second-order valence-electron chi connectivity index (χ2n) is 4.11. The van der Waals surface area contributed by atoms with Gasteiger partial charge in [0.1, 0.15) is 0 Å². The Balaban J connectivity index is 2.64. The third kappa shape index (κ3) is 3.04. The molecule has 0 radical (unpaired) electrons. The van der Waals surface area contributed by atoms with E-state index in [1.54, 1.807) is 0 Å². The Bertz CT molecular complexity index is 264. The van der Waals surface area contributed by atoms with Crippen molar-refractivity contribution in [2.24, 2.45) is 11.7 Å². The molecule has 2 nitrogen and oxygen atoms in total. The highest BCUT2D eigenvalue weighted by molar-refractivity contribution is 5.46. The van der Waals surface area contributed by atoms with Gasteiger partial charge in [-0.05, 0) is 36.6 Å². The summed E-state index contributed by atoms with van der Waals surface area (Å²) in [5.74, 6) is 0.570. The number of rotatable bonds is 4. The minimum absolute atomic E-state index is 0.570. The predicted molar refractivity (Wildman–Crippen MR) is 62.7 cm³/mol. The number of hydrogen-bond acceptors (Lipinski definition) is 2. The van der Waals surface area contributed by atoms with E-state index in [1.165, 1.54) is 11.3 Å². The van der Waals surface area contributed by atoms with Gasteiger partial charge in [-0.15, -0.1) is 0 Å². The van der Waals surface area contributed by atoms with Crippen LogP contribution >= 0.6 is 0 Å². The molecule has 0 saturated carbocycles. The third-order valence-corrected chi connectivity index (χ3v) is 2.44. The average molecular weight is 192 g/mol. The van der Waals surface area contributed by atoms with Crippen molar-refractivity contribution < 1.29 is 0 Å². The molecule has 0 unspecified atom stereocenters. The molecule has 0 aliphatic heterocycles. The van der Waals surface area contributed by atoms with E-state index in [9.17, 15) is 0 Å². The van der Waals surface area contributed by atoms with Crippen molar-refractivity contribution in [2.75, 3.05) is 25.5 Å². The highest BCUT2D eigenvalue weighted by Gasteiger charge is 2.01. The second-order valence-corrected chi connectivity index (χ2v) is 4.11. The van der Waals surface area contributed by atoms with Crippen LogP contribution in [0, 0.1) is 5.92 Å². The maximum Gasteiger partial charge on any atom is 0.0361 e. The summed E-state index contributed by atoms with van der Waals surface area (Å²) in [6, 6.07) is 8.67. The van der Waals surface area contributed by atoms with Gasteiger partial charge < -0.3 is 10.6 Å². The lowest BCUT2D eigenvalue weighted by molar-refractivity contribution is 0.593. The number of nitrogens with zero attached hydrogens (tertiary/aromatic N) is 1. The van der Waals surface area contributed by atoms with Crippen LogP contribution in [0.5, 0.6) is 0 Å². The summed E-state index contributed by atoms with van der Waals surface area (Å²) in [5, 5.41) is 0. The Labute approximate surface area is 86.7 Å². The van der Waals surface area contributed by atoms with Crippen LogP contribution in [0.3, 0.4) is 0 Å². The van der Waals surface area contributed by atoms with Crippen LogP contribution in [0.15, 0.2) is 24.3 Å². The molecular weight excluding hydrogens is 172 g/mol. The molecule has 0 aliphatic rings. The molecule has 0 aliphatic carbocycles. The topological polar surface area (TPSA) is 29.3 Å². The van der Waals surface area contributed by atoms with E-state index in [1.807, 2.05) is 0 Å². The van der Waals surface area contributed by atoms with Gasteiger partial charge in [0.2, 0.25) is 0 Å². The molecule has 1 atom stereocenters. The molecule has 78 valence electrons. The van der Waals surface area contributed by atoms with Crippen LogP contribution in [0.1, 0.15) is 12.5 Å². The van der Waals surface area contributed by atoms with Gasteiger partial charge in [-0.2, -0.15) is 0 Å². The molecule has 0 spiro atoms. The van der Waals surface area contributed by atoms with Crippen molar-refractivity contribution in [1.29, 1.82) is 0 Å². The van der Waals surface area contributed by atoms with Crippen LogP contribution in [0.4, 0.5) is 5.69 Å². The molecule has 0 amide bonds. The standard InChI is InChI=1S/C12H20N2/c1-10(9-13)8-11-4-6-12(7-5-11)14(2)3/h4-7,10H,8-9,13H2,1-3H3/t10-/m1/s1. The molecule has 2 N–H and O–H groups in total. The molecular formula is C12H20N2. The molecule has 0 aromatic heterocycles. The normalized spacial score (nSPS) is 12.6. The van der Waals surface area contributed by atoms with Crippen LogP contribution in [0.2, 0.25) is 0 Å². The van der Waals surface area contributed by atoms with E-state index in [-0.39, 0.29) is 0 Å². The van der Waals surface area contributed by atoms with Crippen LogP contribution in [-0.2, 0) is 6.42 Å². The monoisotopic (exact) mass is 192 g/mol. The largest absolute Gasteiger partial charge is 0.378 e. The van der Waals surface area contributed by atoms with Crippen LogP contribution < -0.4 is 10.6 Å². The molecule has 2 heteroatoms. The number of nitrogens with two attached hydrogens (primary N) is 1. The Morgan fingerprint density at radius 2 is 1.79 bits per heavy atom. The molecule has 0 heterocycles. The maximum atomic E-state index is 5.59. The van der Waals surface area contributed by atoms with Crippen molar-refractivity contribution >= 4 is 5.69 Å². The van der Waals surface area contributed by atoms with Crippen molar-refractivity contribution in [3.05, 3.63) is 29.8 Å². The Kier molecular flexibility index (Phi) is 3.96. The van der Waals surface area contributed by atoms with Gasteiger partial charge in [-0.1, -0.05) is 19.1 Å². The van der Waals surface area contributed by atoms with E-state index in [4.69, 9.17) is 5.73 Å². The summed E-state index contributed by atoms with van der Waals surface area (Å²) in [6.45, 7) is 2.94. The minimum atomic E-state index is 0.570. The fraction of sp³-hybridized carbons (Fsp3) is 0.500. The van der Waals surface area contributed by atoms with E-state index in [2.05, 4.69) is 50.2 Å². The Morgan fingerprint density at radius 3 is 2.21 bits per heavy atom. The van der Waals surface area contributed by atoms with Crippen molar-refractivity contribution in [2.45, 2.75) is 13.3 Å². The zero-order chi connectivity index (χ0) is 10.6. The van der Waals surface area contributed by atoms with Gasteiger partial charge in [0.15, 0.2) is 0 Å². The predicted octanol–water partition coefficient (Wildman–Crippen LogP) is 1.89. The van der Waals surface area contributed by atoms with Gasteiger partial charge in [0.05, 0.1) is 0 Å². The summed E-state index contributed by atoms with van der Waals surface area (Å²) in [5.41, 5.74) is 8.20. The van der Waals surface area contributed by atoms with Crippen molar-refractivity contribution in [3.8, 4) is 0 Å². The lowest BCUT2D eigenvalue weighted by Gasteiger charge is -2.13. The lowest BCUT2D eigenvalue weighted by Crippen LogP contribution is -2.13. The van der Waals surface area contributed by atoms with Gasteiger partial charge in [-0.3, -0.25) is 0 Å². The summed E-state index contributed by atoms with van der Waals surface area (Å²) in [6.07, 6.45) is 1.07. The molecule has 0 saturated heterocycles. The van der Waals surface area contributed by atoms with Crippen molar-refractivity contribution in [1.82, 2.24) is 0 Å². The average Bonchev–Trinajstić information content (AvgIpc) is 2.18. The van der Waals surface area contributed by atoms with E-state index in [0.717, 1.165) is 13.0 Å². The number of benzene rings is 1. The van der Waals surface area contributed by atoms with E-state index >= 15 is 0 Å². The first-order valence-corrected chi connectivity index (χ1v) is 5.10. The first-order valence-electron chi connectivity index (χ1n) is 5.10. The SMILES string of the molecule is C[C@@H](CN)Cc1ccc(N(C)C)cc1. The van der Waals surface area contributed by atoms with E-state index in [0.29, 0.717) is 5.92 Å².